The Bertz CT molecular complexity index is 292. The van der Waals surface area contributed by atoms with Crippen LogP contribution in [0.1, 0.15) is 44.6 Å². The molecule has 96 valence electrons. The second-order valence-electron chi connectivity index (χ2n) is 4.43. The van der Waals surface area contributed by atoms with Gasteiger partial charge < -0.3 is 9.47 Å². The molecule has 2 nitrogen and oxygen atoms in total. The van der Waals surface area contributed by atoms with Gasteiger partial charge in [-0.2, -0.15) is 0 Å². The summed E-state index contributed by atoms with van der Waals surface area (Å²) in [4.78, 5) is 0. The van der Waals surface area contributed by atoms with E-state index in [4.69, 9.17) is 9.47 Å². The number of unbranched alkanes of at least 4 members (excludes halogenated alkanes) is 1. The molecule has 0 saturated carbocycles. The van der Waals surface area contributed by atoms with Crippen molar-refractivity contribution in [1.82, 2.24) is 0 Å². The lowest BCUT2D eigenvalue weighted by Gasteiger charge is -2.10. The van der Waals surface area contributed by atoms with Gasteiger partial charge in [0, 0.05) is 13.7 Å². The molecular weight excluding hydrogens is 212 g/mol. The number of ether oxygens (including phenoxy) is 2. The molecule has 2 heteroatoms. The zero-order chi connectivity index (χ0) is 12.5. The Morgan fingerprint density at radius 1 is 1.06 bits per heavy atom. The molecule has 1 unspecified atom stereocenters. The van der Waals surface area contributed by atoms with Crippen molar-refractivity contribution in [3.8, 4) is 5.75 Å². The third kappa shape index (κ3) is 5.22. The first kappa shape index (κ1) is 14.0. The largest absolute Gasteiger partial charge is 0.494 e. The van der Waals surface area contributed by atoms with E-state index in [2.05, 4.69) is 38.1 Å². The summed E-state index contributed by atoms with van der Waals surface area (Å²) < 4.78 is 10.7. The maximum absolute atomic E-state index is 5.67. The van der Waals surface area contributed by atoms with Crippen LogP contribution in [0.15, 0.2) is 24.3 Å². The van der Waals surface area contributed by atoms with Gasteiger partial charge in [-0.15, -0.1) is 0 Å². The second-order valence-corrected chi connectivity index (χ2v) is 4.43. The molecule has 0 radical (unpaired) electrons. The van der Waals surface area contributed by atoms with Gasteiger partial charge in [-0.3, -0.25) is 0 Å². The van der Waals surface area contributed by atoms with Gasteiger partial charge in [0.15, 0.2) is 0 Å². The van der Waals surface area contributed by atoms with Gasteiger partial charge in [0.05, 0.1) is 6.61 Å². The van der Waals surface area contributed by atoms with E-state index >= 15 is 0 Å². The van der Waals surface area contributed by atoms with Crippen molar-refractivity contribution in [3.05, 3.63) is 29.8 Å². The van der Waals surface area contributed by atoms with Crippen LogP contribution >= 0.6 is 0 Å². The quantitative estimate of drug-likeness (QED) is 0.635. The Morgan fingerprint density at radius 3 is 2.29 bits per heavy atom. The lowest BCUT2D eigenvalue weighted by Crippen LogP contribution is -2.00. The topological polar surface area (TPSA) is 18.5 Å². The van der Waals surface area contributed by atoms with Crippen molar-refractivity contribution in [2.75, 3.05) is 20.3 Å². The fourth-order valence-corrected chi connectivity index (χ4v) is 1.67. The van der Waals surface area contributed by atoms with Crippen molar-refractivity contribution in [2.45, 2.75) is 39.0 Å². The summed E-state index contributed by atoms with van der Waals surface area (Å²) in [7, 11) is 1.73. The van der Waals surface area contributed by atoms with Crippen LogP contribution in [0.2, 0.25) is 0 Å². The lowest BCUT2D eigenvalue weighted by atomic mass is 9.99. The number of methoxy groups -OCH3 is 1. The smallest absolute Gasteiger partial charge is 0.119 e. The standard InChI is InChI=1S/C15H24O2/c1-4-13(2)14-7-9-15(10-8-14)17-12-6-5-11-16-3/h7-10,13H,4-6,11-12H2,1-3H3. The summed E-state index contributed by atoms with van der Waals surface area (Å²) >= 11 is 0. The van der Waals surface area contributed by atoms with E-state index in [1.165, 1.54) is 12.0 Å². The summed E-state index contributed by atoms with van der Waals surface area (Å²) in [5.41, 5.74) is 1.39. The van der Waals surface area contributed by atoms with Gasteiger partial charge in [0.2, 0.25) is 0 Å². The molecule has 0 amide bonds. The Hall–Kier alpha value is -1.02. The summed E-state index contributed by atoms with van der Waals surface area (Å²) in [6, 6.07) is 8.47. The summed E-state index contributed by atoms with van der Waals surface area (Å²) in [5.74, 6) is 1.60. The molecule has 1 aromatic carbocycles. The second kappa shape index (κ2) is 8.13. The SMILES string of the molecule is CCC(C)c1ccc(OCCCCOC)cc1. The van der Waals surface area contributed by atoms with E-state index in [0.29, 0.717) is 5.92 Å². The van der Waals surface area contributed by atoms with Crippen LogP contribution in [0, 0.1) is 0 Å². The van der Waals surface area contributed by atoms with Crippen LogP contribution in [0.25, 0.3) is 0 Å². The molecule has 17 heavy (non-hydrogen) atoms. The van der Waals surface area contributed by atoms with E-state index in [9.17, 15) is 0 Å². The average molecular weight is 236 g/mol. The molecule has 1 aromatic rings. The number of hydrogen-bond donors (Lipinski definition) is 0. The minimum atomic E-state index is 0.630. The molecule has 0 heterocycles. The molecular formula is C15H24O2. The summed E-state index contributed by atoms with van der Waals surface area (Å²) in [6.45, 7) is 6.05. The van der Waals surface area contributed by atoms with E-state index in [1.54, 1.807) is 7.11 Å². The molecule has 0 saturated heterocycles. The van der Waals surface area contributed by atoms with E-state index < -0.39 is 0 Å². The third-order valence-corrected chi connectivity index (χ3v) is 3.07. The molecule has 0 bridgehead atoms. The minimum Gasteiger partial charge on any atom is -0.494 e. The Labute approximate surface area is 105 Å². The first-order valence-electron chi connectivity index (χ1n) is 6.49. The molecule has 1 rings (SSSR count). The maximum atomic E-state index is 5.67. The molecule has 0 aliphatic rings. The van der Waals surface area contributed by atoms with Gasteiger partial charge in [0.1, 0.15) is 5.75 Å². The van der Waals surface area contributed by atoms with Crippen LogP contribution in [-0.2, 0) is 4.74 Å². The van der Waals surface area contributed by atoms with Gasteiger partial charge in [0.25, 0.3) is 0 Å². The molecule has 0 N–H and O–H groups in total. The van der Waals surface area contributed by atoms with Crippen LogP contribution in [0.5, 0.6) is 5.75 Å². The highest BCUT2D eigenvalue weighted by Crippen LogP contribution is 2.21. The number of rotatable bonds is 8. The van der Waals surface area contributed by atoms with Crippen molar-refractivity contribution < 1.29 is 9.47 Å². The van der Waals surface area contributed by atoms with Crippen LogP contribution in [0.4, 0.5) is 0 Å². The average Bonchev–Trinajstić information content (AvgIpc) is 2.38. The van der Waals surface area contributed by atoms with Gasteiger partial charge in [-0.05, 0) is 42.9 Å². The lowest BCUT2D eigenvalue weighted by molar-refractivity contribution is 0.184. The van der Waals surface area contributed by atoms with Crippen molar-refractivity contribution >= 4 is 0 Å². The fraction of sp³-hybridized carbons (Fsp3) is 0.600. The van der Waals surface area contributed by atoms with E-state index in [0.717, 1.165) is 31.8 Å². The molecule has 0 fully saturated rings. The monoisotopic (exact) mass is 236 g/mol. The normalized spacial score (nSPS) is 12.4. The zero-order valence-corrected chi connectivity index (χ0v) is 11.2. The Kier molecular flexibility index (Phi) is 6.71. The van der Waals surface area contributed by atoms with Crippen molar-refractivity contribution in [2.24, 2.45) is 0 Å². The number of hydrogen-bond acceptors (Lipinski definition) is 2. The Balaban J connectivity index is 2.30. The van der Waals surface area contributed by atoms with E-state index in [1.807, 2.05) is 0 Å². The van der Waals surface area contributed by atoms with Gasteiger partial charge in [-0.1, -0.05) is 26.0 Å². The van der Waals surface area contributed by atoms with Gasteiger partial charge in [-0.25, -0.2) is 0 Å². The maximum Gasteiger partial charge on any atom is 0.119 e. The molecule has 1 atom stereocenters. The third-order valence-electron chi connectivity index (χ3n) is 3.07. The van der Waals surface area contributed by atoms with Crippen molar-refractivity contribution in [3.63, 3.8) is 0 Å². The highest BCUT2D eigenvalue weighted by molar-refractivity contribution is 5.29. The van der Waals surface area contributed by atoms with Crippen LogP contribution in [0.3, 0.4) is 0 Å². The highest BCUT2D eigenvalue weighted by Gasteiger charge is 2.02. The van der Waals surface area contributed by atoms with Gasteiger partial charge >= 0.3 is 0 Å². The predicted molar refractivity (Wildman–Crippen MR) is 71.8 cm³/mol. The highest BCUT2D eigenvalue weighted by atomic mass is 16.5. The van der Waals surface area contributed by atoms with Crippen LogP contribution < -0.4 is 4.74 Å². The minimum absolute atomic E-state index is 0.630. The molecule has 0 spiro atoms. The van der Waals surface area contributed by atoms with Crippen LogP contribution in [-0.4, -0.2) is 20.3 Å². The predicted octanol–water partition coefficient (Wildman–Crippen LogP) is 4.01. The molecule has 0 aliphatic carbocycles. The zero-order valence-electron chi connectivity index (χ0n) is 11.2. The molecule has 0 aliphatic heterocycles. The molecule has 0 aromatic heterocycles. The van der Waals surface area contributed by atoms with E-state index in [-0.39, 0.29) is 0 Å². The fourth-order valence-electron chi connectivity index (χ4n) is 1.67. The first-order valence-corrected chi connectivity index (χ1v) is 6.49. The summed E-state index contributed by atoms with van der Waals surface area (Å²) in [5, 5.41) is 0. The Morgan fingerprint density at radius 2 is 1.71 bits per heavy atom. The number of benzene rings is 1. The first-order chi connectivity index (χ1) is 8.27. The van der Waals surface area contributed by atoms with Crippen molar-refractivity contribution in [1.29, 1.82) is 0 Å². The summed E-state index contributed by atoms with van der Waals surface area (Å²) in [6.07, 6.45) is 3.28.